The van der Waals surface area contributed by atoms with E-state index in [4.69, 9.17) is 0 Å². The van der Waals surface area contributed by atoms with Crippen LogP contribution in [0.15, 0.2) is 30.9 Å². The smallest absolute Gasteiger partial charge is 0.146 e. The highest BCUT2D eigenvalue weighted by Crippen LogP contribution is 2.20. The summed E-state index contributed by atoms with van der Waals surface area (Å²) in [7, 11) is 1.91. The minimum atomic E-state index is 0.678. The van der Waals surface area contributed by atoms with Crippen LogP contribution in [0, 0.1) is 0 Å². The Kier molecular flexibility index (Phi) is 3.96. The lowest BCUT2D eigenvalue weighted by molar-refractivity contribution is 0.654. The molecule has 0 aliphatic carbocycles. The normalized spacial score (nSPS) is 11.3. The monoisotopic (exact) mass is 284 g/mol. The third kappa shape index (κ3) is 2.80. The molecule has 1 N–H and O–H groups in total. The molecule has 21 heavy (non-hydrogen) atoms. The highest BCUT2D eigenvalue weighted by molar-refractivity contribution is 5.80. The summed E-state index contributed by atoms with van der Waals surface area (Å²) in [6.45, 7) is 4.74. The highest BCUT2D eigenvalue weighted by Gasteiger charge is 2.11. The molecule has 6 nitrogen and oxygen atoms in total. The summed E-state index contributed by atoms with van der Waals surface area (Å²) < 4.78 is 3.94. The van der Waals surface area contributed by atoms with Crippen molar-refractivity contribution in [3.8, 4) is 0 Å². The molecule has 0 bridgehead atoms. The third-order valence-electron chi connectivity index (χ3n) is 3.58. The second-order valence-electron chi connectivity index (χ2n) is 5.13. The number of hydrogen-bond acceptors (Lipinski definition) is 4. The summed E-state index contributed by atoms with van der Waals surface area (Å²) in [5.41, 5.74) is 2.27. The van der Waals surface area contributed by atoms with Gasteiger partial charge in [0.2, 0.25) is 0 Å². The van der Waals surface area contributed by atoms with E-state index in [1.54, 1.807) is 11.0 Å². The third-order valence-corrected chi connectivity index (χ3v) is 3.58. The van der Waals surface area contributed by atoms with E-state index in [1.165, 1.54) is 10.9 Å². The molecule has 3 aromatic rings. The minimum Gasteiger partial charge on any atom is -0.325 e. The molecule has 0 spiro atoms. The Balaban J connectivity index is 1.93. The van der Waals surface area contributed by atoms with E-state index in [0.29, 0.717) is 6.54 Å². The van der Waals surface area contributed by atoms with Gasteiger partial charge in [0.05, 0.1) is 6.54 Å². The lowest BCUT2D eigenvalue weighted by Gasteiger charge is -2.03. The summed E-state index contributed by atoms with van der Waals surface area (Å²) in [6.07, 6.45) is 6.71. The summed E-state index contributed by atoms with van der Waals surface area (Å²) in [6, 6.07) is 4.11. The molecule has 0 aromatic carbocycles. The zero-order valence-corrected chi connectivity index (χ0v) is 12.5. The molecule has 3 aromatic heterocycles. The van der Waals surface area contributed by atoms with Gasteiger partial charge in [0.25, 0.3) is 0 Å². The van der Waals surface area contributed by atoms with Crippen LogP contribution < -0.4 is 5.32 Å². The molecule has 0 aliphatic rings. The number of aryl methyl sites for hydroxylation is 1. The molecule has 110 valence electrons. The second-order valence-corrected chi connectivity index (χ2v) is 5.13. The Morgan fingerprint density at radius 3 is 2.95 bits per heavy atom. The largest absolute Gasteiger partial charge is 0.325 e. The number of pyridine rings is 1. The molecular formula is C15H20N6. The van der Waals surface area contributed by atoms with Crippen molar-refractivity contribution < 1.29 is 0 Å². The van der Waals surface area contributed by atoms with Crippen LogP contribution >= 0.6 is 0 Å². The number of hydrogen-bond donors (Lipinski definition) is 1. The Hall–Kier alpha value is -2.21. The highest BCUT2D eigenvalue weighted by atomic mass is 15.3. The number of aromatic nitrogens is 5. The second kappa shape index (κ2) is 6.05. The molecule has 0 fully saturated rings. The number of fused-ring (bicyclic) bond motifs is 1. The summed E-state index contributed by atoms with van der Waals surface area (Å²) in [5, 5.41) is 8.77. The Labute approximate surface area is 123 Å². The predicted molar refractivity (Wildman–Crippen MR) is 81.8 cm³/mol. The SMILES string of the molecule is CCCNCc1cn(Cc2ncnn2C)c2ncccc12. The molecule has 3 heterocycles. The molecular weight excluding hydrogens is 264 g/mol. The maximum absolute atomic E-state index is 4.52. The van der Waals surface area contributed by atoms with Crippen molar-refractivity contribution in [2.24, 2.45) is 7.05 Å². The van der Waals surface area contributed by atoms with Crippen LogP contribution in [0.4, 0.5) is 0 Å². The molecule has 6 heteroatoms. The molecule has 0 unspecified atom stereocenters. The average molecular weight is 284 g/mol. The zero-order valence-electron chi connectivity index (χ0n) is 12.5. The van der Waals surface area contributed by atoms with Gasteiger partial charge in [-0.1, -0.05) is 6.92 Å². The number of nitrogens with zero attached hydrogens (tertiary/aromatic N) is 5. The van der Waals surface area contributed by atoms with Crippen LogP contribution in [0.1, 0.15) is 24.7 Å². The van der Waals surface area contributed by atoms with Crippen LogP contribution in [-0.4, -0.2) is 30.9 Å². The van der Waals surface area contributed by atoms with Gasteiger partial charge in [0, 0.05) is 31.4 Å². The molecule has 0 radical (unpaired) electrons. The fourth-order valence-electron chi connectivity index (χ4n) is 2.47. The first-order chi connectivity index (χ1) is 10.3. The van der Waals surface area contributed by atoms with Crippen molar-refractivity contribution in [1.29, 1.82) is 0 Å². The predicted octanol–water partition coefficient (Wildman–Crippen LogP) is 1.71. The maximum atomic E-state index is 4.52. The van der Waals surface area contributed by atoms with Crippen molar-refractivity contribution in [3.05, 3.63) is 42.2 Å². The Morgan fingerprint density at radius 1 is 1.29 bits per heavy atom. The summed E-state index contributed by atoms with van der Waals surface area (Å²) in [5.74, 6) is 0.922. The lowest BCUT2D eigenvalue weighted by atomic mass is 10.2. The first-order valence-corrected chi connectivity index (χ1v) is 7.26. The van der Waals surface area contributed by atoms with Crippen LogP contribution in [0.2, 0.25) is 0 Å². The fraction of sp³-hybridized carbons (Fsp3) is 0.400. The van der Waals surface area contributed by atoms with Gasteiger partial charge in [-0.25, -0.2) is 9.97 Å². The van der Waals surface area contributed by atoms with Gasteiger partial charge < -0.3 is 9.88 Å². The molecule has 0 atom stereocenters. The van der Waals surface area contributed by atoms with Gasteiger partial charge in [-0.3, -0.25) is 4.68 Å². The summed E-state index contributed by atoms with van der Waals surface area (Å²) in [4.78, 5) is 8.81. The van der Waals surface area contributed by atoms with E-state index in [1.807, 2.05) is 19.3 Å². The van der Waals surface area contributed by atoms with Gasteiger partial charge in [0.1, 0.15) is 17.8 Å². The van der Waals surface area contributed by atoms with Gasteiger partial charge in [-0.05, 0) is 30.7 Å². The molecule has 0 saturated heterocycles. The average Bonchev–Trinajstić information content (AvgIpc) is 3.05. The van der Waals surface area contributed by atoms with Crippen molar-refractivity contribution >= 4 is 11.0 Å². The number of rotatable bonds is 6. The Morgan fingerprint density at radius 2 is 2.19 bits per heavy atom. The van der Waals surface area contributed by atoms with E-state index in [2.05, 4.69) is 44.1 Å². The van der Waals surface area contributed by atoms with Crippen molar-refractivity contribution in [2.45, 2.75) is 26.4 Å². The Bertz CT molecular complexity index is 727. The topological polar surface area (TPSA) is 60.6 Å². The fourth-order valence-corrected chi connectivity index (χ4v) is 2.47. The minimum absolute atomic E-state index is 0.678. The van der Waals surface area contributed by atoms with Gasteiger partial charge in [-0.2, -0.15) is 5.10 Å². The van der Waals surface area contributed by atoms with Gasteiger partial charge in [-0.15, -0.1) is 0 Å². The van der Waals surface area contributed by atoms with Gasteiger partial charge in [0.15, 0.2) is 0 Å². The van der Waals surface area contributed by atoms with Crippen LogP contribution in [0.3, 0.4) is 0 Å². The van der Waals surface area contributed by atoms with Crippen LogP contribution in [0.25, 0.3) is 11.0 Å². The zero-order chi connectivity index (χ0) is 14.7. The first-order valence-electron chi connectivity index (χ1n) is 7.26. The van der Waals surface area contributed by atoms with Crippen LogP contribution in [0.5, 0.6) is 0 Å². The first kappa shape index (κ1) is 13.8. The molecule has 3 rings (SSSR count). The summed E-state index contributed by atoms with van der Waals surface area (Å²) >= 11 is 0. The van der Waals surface area contributed by atoms with E-state index < -0.39 is 0 Å². The standard InChI is InChI=1S/C15H20N6/c1-3-6-16-8-12-9-21(10-14-18-11-19-20(14)2)15-13(12)5-4-7-17-15/h4-5,7,9,11,16H,3,6,8,10H2,1-2H3. The van der Waals surface area contributed by atoms with E-state index in [0.717, 1.165) is 31.0 Å². The van der Waals surface area contributed by atoms with Crippen molar-refractivity contribution in [2.75, 3.05) is 6.54 Å². The van der Waals surface area contributed by atoms with Gasteiger partial charge >= 0.3 is 0 Å². The quantitative estimate of drug-likeness (QED) is 0.700. The molecule has 0 amide bonds. The van der Waals surface area contributed by atoms with Crippen LogP contribution in [-0.2, 0) is 20.1 Å². The molecule has 0 aliphatic heterocycles. The molecule has 0 saturated carbocycles. The maximum Gasteiger partial charge on any atom is 0.146 e. The van der Waals surface area contributed by atoms with E-state index in [-0.39, 0.29) is 0 Å². The van der Waals surface area contributed by atoms with E-state index in [9.17, 15) is 0 Å². The van der Waals surface area contributed by atoms with E-state index >= 15 is 0 Å². The van der Waals surface area contributed by atoms with Crippen molar-refractivity contribution in [1.82, 2.24) is 29.6 Å². The van der Waals surface area contributed by atoms with Crippen molar-refractivity contribution in [3.63, 3.8) is 0 Å². The number of nitrogens with one attached hydrogen (secondary N) is 1. The lowest BCUT2D eigenvalue weighted by Crippen LogP contribution is -2.13.